The summed E-state index contributed by atoms with van der Waals surface area (Å²) in [6, 6.07) is 5.33. The summed E-state index contributed by atoms with van der Waals surface area (Å²) in [5.74, 6) is 0.189. The van der Waals surface area contributed by atoms with Crippen LogP contribution in [-0.2, 0) is 0 Å². The van der Waals surface area contributed by atoms with Gasteiger partial charge in [0.05, 0.1) is 17.9 Å². The van der Waals surface area contributed by atoms with E-state index in [-0.39, 0.29) is 18.0 Å². The van der Waals surface area contributed by atoms with Crippen molar-refractivity contribution in [2.24, 2.45) is 0 Å². The second-order valence-corrected chi connectivity index (χ2v) is 6.02. The zero-order valence-electron chi connectivity index (χ0n) is 14.4. The van der Waals surface area contributed by atoms with Crippen LogP contribution >= 0.6 is 0 Å². The van der Waals surface area contributed by atoms with Crippen molar-refractivity contribution in [2.75, 3.05) is 23.7 Å². The van der Waals surface area contributed by atoms with E-state index in [9.17, 15) is 15.3 Å². The summed E-state index contributed by atoms with van der Waals surface area (Å²) in [5.41, 5.74) is 1.47. The minimum Gasteiger partial charge on any atom is -0.506 e. The number of aromatic hydroxyl groups is 1. The molecule has 5 heteroatoms. The lowest BCUT2D eigenvalue weighted by atomic mass is 10.1. The molecule has 2 unspecified atom stereocenters. The molecule has 1 aromatic rings. The van der Waals surface area contributed by atoms with Crippen LogP contribution < -0.4 is 10.6 Å². The van der Waals surface area contributed by atoms with Gasteiger partial charge in [0.1, 0.15) is 11.4 Å². The van der Waals surface area contributed by atoms with E-state index in [1.54, 1.807) is 12.1 Å². The molecule has 0 spiro atoms. The van der Waals surface area contributed by atoms with E-state index in [4.69, 9.17) is 0 Å². The van der Waals surface area contributed by atoms with E-state index >= 15 is 0 Å². The second kappa shape index (κ2) is 11.1. The van der Waals surface area contributed by atoms with Gasteiger partial charge < -0.3 is 26.0 Å². The van der Waals surface area contributed by atoms with Crippen molar-refractivity contribution in [3.05, 3.63) is 18.2 Å². The molecular formula is C18H32N2O3. The van der Waals surface area contributed by atoms with Crippen LogP contribution in [0.4, 0.5) is 11.4 Å². The zero-order valence-corrected chi connectivity index (χ0v) is 14.4. The van der Waals surface area contributed by atoms with E-state index in [1.807, 2.05) is 6.07 Å². The van der Waals surface area contributed by atoms with Gasteiger partial charge in [0.2, 0.25) is 0 Å². The van der Waals surface area contributed by atoms with Crippen molar-refractivity contribution < 1.29 is 15.3 Å². The molecule has 0 saturated carbocycles. The molecule has 5 N–H and O–H groups in total. The molecule has 132 valence electrons. The molecule has 23 heavy (non-hydrogen) atoms. The van der Waals surface area contributed by atoms with Crippen LogP contribution in [0.1, 0.15) is 52.4 Å². The highest BCUT2D eigenvalue weighted by Crippen LogP contribution is 2.31. The number of anilines is 2. The third kappa shape index (κ3) is 7.57. The molecular weight excluding hydrogens is 292 g/mol. The van der Waals surface area contributed by atoms with Gasteiger partial charge in [-0.3, -0.25) is 0 Å². The fourth-order valence-electron chi connectivity index (χ4n) is 2.57. The van der Waals surface area contributed by atoms with Crippen LogP contribution in [0.25, 0.3) is 0 Å². The van der Waals surface area contributed by atoms with Crippen molar-refractivity contribution >= 4 is 11.4 Å². The summed E-state index contributed by atoms with van der Waals surface area (Å²) in [4.78, 5) is 0. The predicted molar refractivity (Wildman–Crippen MR) is 96.1 cm³/mol. The van der Waals surface area contributed by atoms with Gasteiger partial charge in [-0.25, -0.2) is 0 Å². The lowest BCUT2D eigenvalue weighted by molar-refractivity contribution is 0.157. The Morgan fingerprint density at radius 3 is 2.00 bits per heavy atom. The molecule has 1 aromatic carbocycles. The molecule has 5 nitrogen and oxygen atoms in total. The van der Waals surface area contributed by atoms with Crippen LogP contribution in [0.2, 0.25) is 0 Å². The molecule has 0 amide bonds. The number of benzene rings is 1. The van der Waals surface area contributed by atoms with Crippen LogP contribution in [0.15, 0.2) is 18.2 Å². The Hall–Kier alpha value is -1.46. The number of hydrogen-bond acceptors (Lipinski definition) is 5. The van der Waals surface area contributed by atoms with Gasteiger partial charge >= 0.3 is 0 Å². The molecule has 2 atom stereocenters. The van der Waals surface area contributed by atoms with E-state index in [0.29, 0.717) is 31.6 Å². The van der Waals surface area contributed by atoms with Crippen molar-refractivity contribution in [3.63, 3.8) is 0 Å². The summed E-state index contributed by atoms with van der Waals surface area (Å²) in [6.07, 6.45) is 4.27. The van der Waals surface area contributed by atoms with Crippen molar-refractivity contribution in [3.8, 4) is 5.75 Å². The quantitative estimate of drug-likeness (QED) is 0.381. The van der Waals surface area contributed by atoms with Gasteiger partial charge in [-0.2, -0.15) is 0 Å². The number of hydrogen-bond donors (Lipinski definition) is 5. The third-order valence-electron chi connectivity index (χ3n) is 3.86. The van der Waals surface area contributed by atoms with Crippen LogP contribution in [0, 0.1) is 0 Å². The van der Waals surface area contributed by atoms with Crippen molar-refractivity contribution in [2.45, 2.75) is 64.6 Å². The van der Waals surface area contributed by atoms with E-state index < -0.39 is 0 Å². The molecule has 0 heterocycles. The highest BCUT2D eigenvalue weighted by molar-refractivity contribution is 5.75. The van der Waals surface area contributed by atoms with Gasteiger partial charge in [0.15, 0.2) is 0 Å². The maximum atomic E-state index is 10.0. The van der Waals surface area contributed by atoms with Gasteiger partial charge in [0.25, 0.3) is 0 Å². The number of nitrogens with one attached hydrogen (secondary N) is 2. The fraction of sp³-hybridized carbons (Fsp3) is 0.667. The van der Waals surface area contributed by atoms with E-state index in [1.165, 1.54) is 0 Å². The van der Waals surface area contributed by atoms with Gasteiger partial charge in [-0.15, -0.1) is 0 Å². The highest BCUT2D eigenvalue weighted by Gasteiger charge is 2.09. The Morgan fingerprint density at radius 1 is 0.870 bits per heavy atom. The molecule has 0 aliphatic rings. The molecule has 0 bridgehead atoms. The lowest BCUT2D eigenvalue weighted by Crippen LogP contribution is -2.16. The van der Waals surface area contributed by atoms with Crippen molar-refractivity contribution in [1.29, 1.82) is 0 Å². The molecule has 0 aliphatic heterocycles. The number of rotatable bonds is 12. The Bertz CT molecular complexity index is 440. The summed E-state index contributed by atoms with van der Waals surface area (Å²) < 4.78 is 0. The topological polar surface area (TPSA) is 84.8 Å². The summed E-state index contributed by atoms with van der Waals surface area (Å²) >= 11 is 0. The minimum atomic E-state index is -0.307. The number of aliphatic hydroxyl groups is 2. The summed E-state index contributed by atoms with van der Waals surface area (Å²) in [7, 11) is 0. The zero-order chi connectivity index (χ0) is 17.1. The third-order valence-corrected chi connectivity index (χ3v) is 3.86. The summed E-state index contributed by atoms with van der Waals surface area (Å²) in [6.45, 7) is 5.36. The first kappa shape index (κ1) is 19.6. The maximum absolute atomic E-state index is 10.0. The molecule has 0 fully saturated rings. The fourth-order valence-corrected chi connectivity index (χ4v) is 2.57. The van der Waals surface area contributed by atoms with Crippen molar-refractivity contribution in [1.82, 2.24) is 0 Å². The Morgan fingerprint density at radius 2 is 1.43 bits per heavy atom. The average Bonchev–Trinajstić information content (AvgIpc) is 2.50. The number of para-hydroxylation sites is 1. The number of aliphatic hydroxyl groups excluding tert-OH is 2. The Kier molecular flexibility index (Phi) is 9.48. The number of phenols is 1. The monoisotopic (exact) mass is 324 g/mol. The largest absolute Gasteiger partial charge is 0.506 e. The standard InChI is InChI=1S/C18H32N2O3/c1-3-6-14(21)10-12-19-16-8-5-9-17(23)18(16)20-13-11-15(22)7-4-2/h5,8-9,14-15,19-23H,3-4,6-7,10-13H2,1-2H3. The number of phenolic OH excluding ortho intramolecular Hbond substituents is 1. The summed E-state index contributed by atoms with van der Waals surface area (Å²) in [5, 5.41) is 36.0. The Balaban J connectivity index is 2.51. The van der Waals surface area contributed by atoms with Crippen LogP contribution in [0.5, 0.6) is 5.75 Å². The minimum absolute atomic E-state index is 0.189. The SMILES string of the molecule is CCCC(O)CCNc1cccc(O)c1NCCC(O)CCC. The smallest absolute Gasteiger partial charge is 0.140 e. The molecule has 1 rings (SSSR count). The first-order valence-corrected chi connectivity index (χ1v) is 8.74. The van der Waals surface area contributed by atoms with E-state index in [0.717, 1.165) is 31.4 Å². The first-order chi connectivity index (χ1) is 11.1. The molecule has 0 saturated heterocycles. The van der Waals surface area contributed by atoms with Gasteiger partial charge in [0, 0.05) is 13.1 Å². The molecule has 0 aromatic heterocycles. The molecule has 0 aliphatic carbocycles. The molecule has 0 radical (unpaired) electrons. The van der Waals surface area contributed by atoms with Gasteiger partial charge in [-0.1, -0.05) is 32.8 Å². The second-order valence-electron chi connectivity index (χ2n) is 6.02. The normalized spacial score (nSPS) is 13.6. The van der Waals surface area contributed by atoms with Crippen LogP contribution in [0.3, 0.4) is 0 Å². The van der Waals surface area contributed by atoms with Gasteiger partial charge in [-0.05, 0) is 37.8 Å². The maximum Gasteiger partial charge on any atom is 0.140 e. The lowest BCUT2D eigenvalue weighted by Gasteiger charge is -2.17. The predicted octanol–water partition coefficient (Wildman–Crippen LogP) is 3.32. The highest BCUT2D eigenvalue weighted by atomic mass is 16.3. The average molecular weight is 324 g/mol. The Labute approximate surface area is 139 Å². The first-order valence-electron chi connectivity index (χ1n) is 8.74. The van der Waals surface area contributed by atoms with Crippen LogP contribution in [-0.4, -0.2) is 40.6 Å². The van der Waals surface area contributed by atoms with E-state index in [2.05, 4.69) is 24.5 Å².